The van der Waals surface area contributed by atoms with E-state index in [0.29, 0.717) is 11.0 Å². The maximum Gasteiger partial charge on any atom is 1.00 e. The van der Waals surface area contributed by atoms with Crippen LogP contribution in [0.3, 0.4) is 0 Å². The molecule has 2 rings (SSSR count). The fourth-order valence-corrected chi connectivity index (χ4v) is 2.16. The number of aromatic nitrogens is 2. The van der Waals surface area contributed by atoms with Gasteiger partial charge in [0, 0.05) is 4.90 Å². The molecule has 7 nitrogen and oxygen atoms in total. The van der Waals surface area contributed by atoms with Crippen LogP contribution in [0.15, 0.2) is 23.1 Å². The fraction of sp³-hybridized carbons (Fsp3) is 0.111. The number of nitrogens with zero attached hydrogens (tertiary/aromatic N) is 1. The molecule has 10 heteroatoms. The van der Waals surface area contributed by atoms with Crippen LogP contribution < -0.4 is 56.7 Å². The molecule has 0 saturated heterocycles. The number of H-pyrrole nitrogens is 1. The molecular weight excluding hydrogens is 317 g/mol. The van der Waals surface area contributed by atoms with Gasteiger partial charge in [0.15, 0.2) is 0 Å². The molecule has 0 fully saturated rings. The first-order chi connectivity index (χ1) is 8.40. The van der Waals surface area contributed by atoms with Crippen molar-refractivity contribution in [2.45, 2.75) is 4.90 Å². The normalized spacial score (nSPS) is 10.8. The molecule has 1 aromatic carbocycles. The molecule has 0 atom stereocenters. The van der Waals surface area contributed by atoms with Crippen molar-refractivity contribution in [2.75, 3.05) is 12.4 Å². The van der Waals surface area contributed by atoms with Gasteiger partial charge >= 0.3 is 57.5 Å². The molecule has 0 spiro atoms. The number of amides is 1. The third-order valence-corrected chi connectivity index (χ3v) is 3.56. The van der Waals surface area contributed by atoms with Crippen LogP contribution >= 0.6 is 0 Å². The van der Waals surface area contributed by atoms with Gasteiger partial charge in [-0.05, 0) is 18.2 Å². The van der Waals surface area contributed by atoms with E-state index in [2.05, 4.69) is 31.7 Å². The van der Waals surface area contributed by atoms with Crippen molar-refractivity contribution in [1.82, 2.24) is 9.97 Å². The topological polar surface area (TPSA) is 101 Å². The van der Waals surface area contributed by atoms with Crippen molar-refractivity contribution >= 4 is 43.6 Å². The number of methoxy groups -OCH3 is 1. The smallest absolute Gasteiger partial charge is 0.644 e. The summed E-state index contributed by atoms with van der Waals surface area (Å²) in [6.45, 7) is 0. The Morgan fingerprint density at radius 3 is 2.74 bits per heavy atom. The molecular formula is C9H8KN3O4S2. The number of hydrogen-bond donors (Lipinski definition) is 2. The number of ether oxygens (including phenoxy) is 1. The van der Waals surface area contributed by atoms with E-state index < -0.39 is 15.0 Å². The number of fused-ring (bicyclic) bond motifs is 1. The van der Waals surface area contributed by atoms with Gasteiger partial charge in [-0.2, -0.15) is 0 Å². The summed E-state index contributed by atoms with van der Waals surface area (Å²) in [6.07, 6.45) is -0.676. The zero-order chi connectivity index (χ0) is 13.3. The second-order valence-electron chi connectivity index (χ2n) is 3.34. The molecule has 0 aliphatic carbocycles. The monoisotopic (exact) mass is 325 g/mol. The van der Waals surface area contributed by atoms with E-state index in [-0.39, 0.29) is 62.2 Å². The average Bonchev–Trinajstić information content (AvgIpc) is 2.68. The first-order valence-corrected chi connectivity index (χ1v) is 7.11. The molecule has 19 heavy (non-hydrogen) atoms. The van der Waals surface area contributed by atoms with Gasteiger partial charge in [-0.1, -0.05) is 0 Å². The van der Waals surface area contributed by atoms with Gasteiger partial charge in [0.25, 0.3) is 0 Å². The van der Waals surface area contributed by atoms with Gasteiger partial charge < -0.3 is 21.4 Å². The van der Waals surface area contributed by atoms with Crippen LogP contribution in [-0.4, -0.2) is 31.6 Å². The van der Waals surface area contributed by atoms with Crippen LogP contribution in [0.1, 0.15) is 0 Å². The third kappa shape index (κ3) is 4.18. The molecule has 0 aliphatic heterocycles. The van der Waals surface area contributed by atoms with Gasteiger partial charge in [0.05, 0.1) is 27.0 Å². The van der Waals surface area contributed by atoms with Gasteiger partial charge in [0.2, 0.25) is 5.95 Å². The first kappa shape index (κ1) is 16.9. The molecule has 2 N–H and O–H groups in total. The Balaban J connectivity index is 0.00000180. The number of carbonyl (C=O) groups is 1. The SMILES string of the molecule is COC(=O)Nc1nc2ccc(S(=O)(=O)[S-])cc2[nH]1.[K+]. The van der Waals surface area contributed by atoms with E-state index in [1.165, 1.54) is 25.3 Å². The predicted molar refractivity (Wildman–Crippen MR) is 66.7 cm³/mol. The molecule has 0 saturated carbocycles. The van der Waals surface area contributed by atoms with Crippen LogP contribution in [0.2, 0.25) is 0 Å². The number of aromatic amines is 1. The van der Waals surface area contributed by atoms with E-state index in [4.69, 9.17) is 0 Å². The summed E-state index contributed by atoms with van der Waals surface area (Å²) in [6, 6.07) is 4.20. The minimum absolute atomic E-state index is 0. The Bertz CT molecular complexity index is 713. The van der Waals surface area contributed by atoms with Gasteiger partial charge in [0.1, 0.15) is 0 Å². The summed E-state index contributed by atoms with van der Waals surface area (Å²) in [5.41, 5.74) is 0.955. The van der Waals surface area contributed by atoms with Gasteiger partial charge in [-0.15, -0.1) is 0 Å². The number of nitrogens with one attached hydrogen (secondary N) is 2. The van der Waals surface area contributed by atoms with Crippen molar-refractivity contribution in [3.63, 3.8) is 0 Å². The summed E-state index contributed by atoms with van der Waals surface area (Å²) < 4.78 is 26.8. The Morgan fingerprint density at radius 1 is 1.47 bits per heavy atom. The van der Waals surface area contributed by atoms with Crippen molar-refractivity contribution < 1.29 is 69.3 Å². The maximum atomic E-state index is 11.2. The minimum Gasteiger partial charge on any atom is -0.644 e. The second kappa shape index (κ2) is 6.57. The summed E-state index contributed by atoms with van der Waals surface area (Å²) in [7, 11) is -2.47. The van der Waals surface area contributed by atoms with Gasteiger partial charge in [-0.3, -0.25) is 5.32 Å². The maximum absolute atomic E-state index is 11.2. The Morgan fingerprint density at radius 2 is 2.16 bits per heavy atom. The standard InChI is InChI=1S/C9H9N3O4S2.K/c1-16-9(13)12-8-10-6-3-2-5(18(14,15)17)4-7(6)11-8;/h2-4H,1H3,(H,14,15,17)(H2,10,11,12,13);/q;+1/p-1. The number of rotatable bonds is 2. The predicted octanol–water partition coefficient (Wildman–Crippen LogP) is -2.02. The Hall–Kier alpha value is -0.104. The summed E-state index contributed by atoms with van der Waals surface area (Å²) in [5, 5.41) is 2.34. The van der Waals surface area contributed by atoms with Crippen molar-refractivity contribution in [2.24, 2.45) is 0 Å². The van der Waals surface area contributed by atoms with E-state index in [1.54, 1.807) is 0 Å². The number of imidazole rings is 1. The van der Waals surface area contributed by atoms with Crippen LogP contribution in [0, 0.1) is 0 Å². The van der Waals surface area contributed by atoms with Crippen LogP contribution in [-0.2, 0) is 25.3 Å². The molecule has 1 amide bonds. The van der Waals surface area contributed by atoms with Gasteiger partial charge in [-0.25, -0.2) is 18.2 Å². The van der Waals surface area contributed by atoms with E-state index in [0.717, 1.165) is 0 Å². The van der Waals surface area contributed by atoms with Crippen LogP contribution in [0.25, 0.3) is 11.0 Å². The average molecular weight is 325 g/mol. The molecule has 1 heterocycles. The van der Waals surface area contributed by atoms with Crippen molar-refractivity contribution in [1.29, 1.82) is 0 Å². The number of anilines is 1. The molecule has 1 aromatic heterocycles. The fourth-order valence-electron chi connectivity index (χ4n) is 1.35. The zero-order valence-corrected chi connectivity index (χ0v) is 14.9. The Kier molecular flexibility index (Phi) is 5.86. The summed E-state index contributed by atoms with van der Waals surface area (Å²) in [5.74, 6) is 0.163. The quantitative estimate of drug-likeness (QED) is 0.376. The van der Waals surface area contributed by atoms with Crippen molar-refractivity contribution in [3.8, 4) is 0 Å². The molecule has 0 radical (unpaired) electrons. The minimum atomic E-state index is -3.69. The summed E-state index contributed by atoms with van der Waals surface area (Å²) >= 11 is 4.36. The molecule has 96 valence electrons. The van der Waals surface area contributed by atoms with Crippen molar-refractivity contribution in [3.05, 3.63) is 18.2 Å². The number of benzene rings is 1. The molecule has 0 unspecified atom stereocenters. The van der Waals surface area contributed by atoms with E-state index in [1.807, 2.05) is 0 Å². The van der Waals surface area contributed by atoms with Crippen LogP contribution in [0.4, 0.5) is 10.7 Å². The number of carbonyl (C=O) groups excluding carboxylic acids is 1. The number of hydrogen-bond acceptors (Lipinski definition) is 6. The van der Waals surface area contributed by atoms with E-state index in [9.17, 15) is 13.2 Å². The van der Waals surface area contributed by atoms with Crippen LogP contribution in [0.5, 0.6) is 0 Å². The summed E-state index contributed by atoms with van der Waals surface area (Å²) in [4.78, 5) is 17.7. The first-order valence-electron chi connectivity index (χ1n) is 4.71. The Labute approximate surface area is 156 Å². The molecule has 2 aromatic rings. The molecule has 0 bridgehead atoms. The molecule has 0 aliphatic rings. The zero-order valence-electron chi connectivity index (χ0n) is 10.1. The second-order valence-corrected chi connectivity index (χ2v) is 6.03. The largest absolute Gasteiger partial charge is 1.00 e. The van der Waals surface area contributed by atoms with E-state index >= 15 is 0 Å². The third-order valence-electron chi connectivity index (χ3n) is 2.15.